The molecule has 0 radical (unpaired) electrons. The number of fused-ring (bicyclic) bond motifs is 1. The van der Waals surface area contributed by atoms with Crippen molar-refractivity contribution in [2.75, 3.05) is 6.61 Å². The van der Waals surface area contributed by atoms with Crippen molar-refractivity contribution in [3.05, 3.63) is 65.0 Å². The van der Waals surface area contributed by atoms with Crippen LogP contribution in [0.25, 0.3) is 22.1 Å². The summed E-state index contributed by atoms with van der Waals surface area (Å²) >= 11 is 0. The molecule has 1 heterocycles. The summed E-state index contributed by atoms with van der Waals surface area (Å²) in [5, 5.41) is 39.5. The standard InChI is InChI=1S/C20H18O6/c1-3-20(2,10-21)15-7-13-18(8-17(15)24)26-9-14(19(13)25)12-5-4-11(22)6-16(12)23/h3-9,21-24H,1,10H2,2H3/t20-/m1/s1. The predicted octanol–water partition coefficient (Wildman–Crippen LogP) is 3.01. The van der Waals surface area contributed by atoms with E-state index in [9.17, 15) is 25.2 Å². The van der Waals surface area contributed by atoms with E-state index < -0.39 is 10.8 Å². The highest BCUT2D eigenvalue weighted by atomic mass is 16.3. The Morgan fingerprint density at radius 2 is 1.85 bits per heavy atom. The molecule has 0 saturated heterocycles. The number of rotatable bonds is 4. The van der Waals surface area contributed by atoms with Crippen molar-refractivity contribution in [1.29, 1.82) is 0 Å². The maximum atomic E-state index is 12.9. The van der Waals surface area contributed by atoms with Gasteiger partial charge in [-0.05, 0) is 25.1 Å². The lowest BCUT2D eigenvalue weighted by molar-refractivity contribution is 0.233. The molecule has 6 nitrogen and oxygen atoms in total. The summed E-state index contributed by atoms with van der Waals surface area (Å²) < 4.78 is 5.46. The van der Waals surface area contributed by atoms with Gasteiger partial charge in [0.2, 0.25) is 5.43 Å². The Labute approximate surface area is 148 Å². The topological polar surface area (TPSA) is 111 Å². The average Bonchev–Trinajstić information content (AvgIpc) is 2.62. The van der Waals surface area contributed by atoms with E-state index in [2.05, 4.69) is 6.58 Å². The average molecular weight is 354 g/mol. The van der Waals surface area contributed by atoms with Crippen molar-refractivity contribution in [2.24, 2.45) is 0 Å². The predicted molar refractivity (Wildman–Crippen MR) is 97.5 cm³/mol. The number of aromatic hydroxyl groups is 3. The summed E-state index contributed by atoms with van der Waals surface area (Å²) in [4.78, 5) is 12.9. The molecule has 1 atom stereocenters. The van der Waals surface area contributed by atoms with Crippen molar-refractivity contribution in [3.8, 4) is 28.4 Å². The third-order valence-corrected chi connectivity index (χ3v) is 4.56. The second-order valence-corrected chi connectivity index (χ2v) is 6.33. The van der Waals surface area contributed by atoms with Crippen LogP contribution in [0.3, 0.4) is 0 Å². The van der Waals surface area contributed by atoms with Crippen LogP contribution < -0.4 is 5.43 Å². The van der Waals surface area contributed by atoms with Crippen molar-refractivity contribution >= 4 is 11.0 Å². The minimum absolute atomic E-state index is 0.107. The van der Waals surface area contributed by atoms with Gasteiger partial charge in [0.15, 0.2) is 0 Å². The fraction of sp³-hybridized carbons (Fsp3) is 0.150. The molecule has 2 aromatic carbocycles. The number of benzene rings is 2. The van der Waals surface area contributed by atoms with Crippen LogP contribution in [-0.2, 0) is 5.41 Å². The maximum absolute atomic E-state index is 12.9. The molecule has 0 unspecified atom stereocenters. The number of phenolic OH excluding ortho intramolecular Hbond substituents is 3. The molecule has 0 spiro atoms. The highest BCUT2D eigenvalue weighted by molar-refractivity contribution is 5.85. The van der Waals surface area contributed by atoms with Crippen molar-refractivity contribution in [2.45, 2.75) is 12.3 Å². The van der Waals surface area contributed by atoms with Crippen LogP contribution in [0.4, 0.5) is 0 Å². The zero-order chi connectivity index (χ0) is 19.1. The van der Waals surface area contributed by atoms with Crippen LogP contribution in [0.1, 0.15) is 12.5 Å². The summed E-state index contributed by atoms with van der Waals surface area (Å²) in [6.07, 6.45) is 2.68. The highest BCUT2D eigenvalue weighted by Gasteiger charge is 2.27. The van der Waals surface area contributed by atoms with Crippen LogP contribution in [0.2, 0.25) is 0 Å². The van der Waals surface area contributed by atoms with Gasteiger partial charge in [-0.1, -0.05) is 6.08 Å². The van der Waals surface area contributed by atoms with Gasteiger partial charge in [0, 0.05) is 28.7 Å². The van der Waals surface area contributed by atoms with Gasteiger partial charge < -0.3 is 24.8 Å². The van der Waals surface area contributed by atoms with Crippen LogP contribution in [0.15, 0.2) is 58.5 Å². The largest absolute Gasteiger partial charge is 0.508 e. The lowest BCUT2D eigenvalue weighted by Crippen LogP contribution is -2.24. The first-order valence-corrected chi connectivity index (χ1v) is 7.86. The van der Waals surface area contributed by atoms with E-state index in [1.54, 1.807) is 6.92 Å². The first kappa shape index (κ1) is 17.6. The van der Waals surface area contributed by atoms with E-state index in [4.69, 9.17) is 4.42 Å². The smallest absolute Gasteiger partial charge is 0.200 e. The quantitative estimate of drug-likeness (QED) is 0.536. The van der Waals surface area contributed by atoms with Gasteiger partial charge in [0.1, 0.15) is 29.1 Å². The lowest BCUT2D eigenvalue weighted by atomic mass is 9.82. The fourth-order valence-electron chi connectivity index (χ4n) is 2.82. The Balaban J connectivity index is 2.31. The summed E-state index contributed by atoms with van der Waals surface area (Å²) in [5.41, 5.74) is -0.540. The van der Waals surface area contributed by atoms with Gasteiger partial charge in [-0.15, -0.1) is 6.58 Å². The molecule has 1 aromatic heterocycles. The normalized spacial score (nSPS) is 13.5. The summed E-state index contributed by atoms with van der Waals surface area (Å²) in [5.74, 6) is -0.521. The van der Waals surface area contributed by atoms with Gasteiger partial charge in [-0.25, -0.2) is 0 Å². The molecule has 0 aliphatic heterocycles. The lowest BCUT2D eigenvalue weighted by Gasteiger charge is -2.24. The third kappa shape index (κ3) is 2.70. The summed E-state index contributed by atoms with van der Waals surface area (Å²) in [7, 11) is 0. The Morgan fingerprint density at radius 3 is 2.46 bits per heavy atom. The van der Waals surface area contributed by atoms with Gasteiger partial charge in [0.05, 0.1) is 17.6 Å². The zero-order valence-corrected chi connectivity index (χ0v) is 14.1. The molecule has 4 N–H and O–H groups in total. The number of aliphatic hydroxyl groups is 1. The van der Waals surface area contributed by atoms with E-state index in [0.717, 1.165) is 6.07 Å². The van der Waals surface area contributed by atoms with Gasteiger partial charge in [-0.2, -0.15) is 0 Å². The van der Waals surface area contributed by atoms with Crippen molar-refractivity contribution in [3.63, 3.8) is 0 Å². The van der Waals surface area contributed by atoms with Gasteiger partial charge in [-0.3, -0.25) is 4.79 Å². The van der Waals surface area contributed by atoms with Crippen LogP contribution >= 0.6 is 0 Å². The second kappa shape index (κ2) is 6.24. The van der Waals surface area contributed by atoms with E-state index >= 15 is 0 Å². The van der Waals surface area contributed by atoms with Crippen LogP contribution in [0, 0.1) is 0 Å². The molecule has 0 aliphatic rings. The molecule has 0 saturated carbocycles. The Bertz CT molecular complexity index is 1070. The number of hydrogen-bond acceptors (Lipinski definition) is 6. The molecule has 134 valence electrons. The van der Waals surface area contributed by atoms with Crippen LogP contribution in [0.5, 0.6) is 17.2 Å². The first-order valence-electron chi connectivity index (χ1n) is 7.86. The Morgan fingerprint density at radius 1 is 1.12 bits per heavy atom. The van der Waals surface area contributed by atoms with Crippen LogP contribution in [-0.4, -0.2) is 27.0 Å². The van der Waals surface area contributed by atoms with E-state index in [1.165, 1.54) is 36.6 Å². The van der Waals surface area contributed by atoms with Gasteiger partial charge in [0.25, 0.3) is 0 Å². The number of hydrogen-bond donors (Lipinski definition) is 4. The minimum Gasteiger partial charge on any atom is -0.508 e. The molecule has 26 heavy (non-hydrogen) atoms. The number of aliphatic hydroxyl groups excluding tert-OH is 1. The van der Waals surface area contributed by atoms with E-state index in [1.807, 2.05) is 0 Å². The second-order valence-electron chi connectivity index (χ2n) is 6.33. The Hall–Kier alpha value is -3.25. The maximum Gasteiger partial charge on any atom is 0.200 e. The molecular weight excluding hydrogens is 336 g/mol. The molecule has 6 heteroatoms. The SMILES string of the molecule is C=C[C@](C)(CO)c1cc2c(=O)c(-c3ccc(O)cc3O)coc2cc1O. The van der Waals surface area contributed by atoms with Gasteiger partial charge >= 0.3 is 0 Å². The molecule has 0 bridgehead atoms. The molecule has 0 fully saturated rings. The van der Waals surface area contributed by atoms with E-state index in [0.29, 0.717) is 5.56 Å². The zero-order valence-electron chi connectivity index (χ0n) is 14.1. The molecular formula is C20H18O6. The molecule has 3 aromatic rings. The minimum atomic E-state index is -0.943. The monoisotopic (exact) mass is 354 g/mol. The number of phenols is 3. The molecule has 0 amide bonds. The first-order chi connectivity index (χ1) is 12.3. The fourth-order valence-corrected chi connectivity index (χ4v) is 2.82. The molecule has 0 aliphatic carbocycles. The van der Waals surface area contributed by atoms with E-state index in [-0.39, 0.29) is 46.0 Å². The molecule has 3 rings (SSSR count). The summed E-state index contributed by atoms with van der Waals surface area (Å²) in [6, 6.07) is 6.65. The van der Waals surface area contributed by atoms with Crippen molar-refractivity contribution < 1.29 is 24.8 Å². The third-order valence-electron chi connectivity index (χ3n) is 4.56. The highest BCUT2D eigenvalue weighted by Crippen LogP contribution is 2.36. The summed E-state index contributed by atoms with van der Waals surface area (Å²) in [6.45, 7) is 5.05. The van der Waals surface area contributed by atoms with Crippen molar-refractivity contribution in [1.82, 2.24) is 0 Å². The Kier molecular flexibility index (Phi) is 4.21.